The van der Waals surface area contributed by atoms with E-state index in [1.807, 2.05) is 19.9 Å². The smallest absolute Gasteiger partial charge is 0.278 e. The van der Waals surface area contributed by atoms with Crippen LogP contribution in [0.1, 0.15) is 36.0 Å². The normalized spacial score (nSPS) is 11.4. The van der Waals surface area contributed by atoms with Crippen LogP contribution in [0.5, 0.6) is 0 Å². The molecule has 0 radical (unpaired) electrons. The number of pyridine rings is 2. The molecule has 142 valence electrons. The van der Waals surface area contributed by atoms with Crippen LogP contribution in [-0.2, 0) is 6.54 Å². The monoisotopic (exact) mass is 378 g/mol. The molecule has 1 amide bonds. The number of hydrogen-bond donors (Lipinski definition) is 2. The van der Waals surface area contributed by atoms with Crippen molar-refractivity contribution in [3.05, 3.63) is 70.5 Å². The first-order valence-electron chi connectivity index (χ1n) is 8.93. The summed E-state index contributed by atoms with van der Waals surface area (Å²) in [5.41, 5.74) is 7.26. The third-order valence-electron chi connectivity index (χ3n) is 4.57. The molecule has 8 heteroatoms. The molecule has 0 unspecified atom stereocenters. The highest BCUT2D eigenvalue weighted by molar-refractivity contribution is 6.00. The SMILES string of the molecule is CC(C)[n+]1c(N)c(C(=O)NCc2ccco2)cc2c(=O)n3ccccc3nc21. The highest BCUT2D eigenvalue weighted by Crippen LogP contribution is 2.17. The fourth-order valence-corrected chi connectivity index (χ4v) is 3.24. The Morgan fingerprint density at radius 2 is 2.14 bits per heavy atom. The largest absolute Gasteiger partial charge is 0.467 e. The van der Waals surface area contributed by atoms with Gasteiger partial charge in [0.2, 0.25) is 11.5 Å². The topological polar surface area (TPSA) is 107 Å². The first kappa shape index (κ1) is 17.7. The molecule has 0 spiro atoms. The van der Waals surface area contributed by atoms with Crippen molar-refractivity contribution in [2.45, 2.75) is 26.4 Å². The number of carbonyl (C=O) groups excluding carboxylic acids is 1. The van der Waals surface area contributed by atoms with Crippen LogP contribution >= 0.6 is 0 Å². The van der Waals surface area contributed by atoms with Crippen LogP contribution in [0.15, 0.2) is 58.1 Å². The highest BCUT2D eigenvalue weighted by Gasteiger charge is 2.25. The van der Waals surface area contributed by atoms with Crippen molar-refractivity contribution in [2.75, 3.05) is 5.73 Å². The minimum atomic E-state index is -0.386. The van der Waals surface area contributed by atoms with E-state index in [1.165, 1.54) is 16.7 Å². The average Bonchev–Trinajstić information content (AvgIpc) is 3.19. The molecule has 0 saturated carbocycles. The molecule has 0 bridgehead atoms. The van der Waals surface area contributed by atoms with Gasteiger partial charge in [-0.25, -0.2) is 4.57 Å². The summed E-state index contributed by atoms with van der Waals surface area (Å²) in [4.78, 5) is 30.4. The average molecular weight is 378 g/mol. The number of nitrogens with zero attached hydrogens (tertiary/aromatic N) is 3. The number of nitrogens with one attached hydrogen (secondary N) is 1. The molecule has 4 rings (SSSR count). The fourth-order valence-electron chi connectivity index (χ4n) is 3.24. The van der Waals surface area contributed by atoms with Crippen molar-refractivity contribution in [2.24, 2.45) is 0 Å². The zero-order chi connectivity index (χ0) is 19.8. The molecule has 0 atom stereocenters. The number of aromatic nitrogens is 3. The first-order valence-corrected chi connectivity index (χ1v) is 8.93. The van der Waals surface area contributed by atoms with Gasteiger partial charge in [0.15, 0.2) is 0 Å². The number of nitrogen functional groups attached to an aromatic ring is 1. The van der Waals surface area contributed by atoms with Crippen molar-refractivity contribution in [3.8, 4) is 0 Å². The molecular formula is C20H20N5O3+. The van der Waals surface area contributed by atoms with Crippen molar-refractivity contribution in [1.82, 2.24) is 14.7 Å². The zero-order valence-corrected chi connectivity index (χ0v) is 15.5. The predicted octanol–water partition coefficient (Wildman–Crippen LogP) is 1.82. The number of carbonyl (C=O) groups is 1. The summed E-state index contributed by atoms with van der Waals surface area (Å²) in [6, 6.07) is 10.2. The van der Waals surface area contributed by atoms with Gasteiger partial charge in [0.25, 0.3) is 17.1 Å². The Morgan fingerprint density at radius 3 is 2.86 bits per heavy atom. The van der Waals surface area contributed by atoms with Gasteiger partial charge >= 0.3 is 0 Å². The molecule has 4 heterocycles. The van der Waals surface area contributed by atoms with Gasteiger partial charge in [-0.15, -0.1) is 0 Å². The Balaban J connectivity index is 1.90. The standard InChI is InChI=1S/C20H19N5O3/c1-12(2)25-17(21)14(19(26)22-11-13-6-5-9-28-13)10-15-18(25)23-16-7-3-4-8-24(16)20(15)27/h3-10,12,21H,11H2,1-2H3,(H,22,26)/p+1. The fraction of sp³-hybridized carbons (Fsp3) is 0.200. The minimum Gasteiger partial charge on any atom is -0.467 e. The molecule has 4 aromatic rings. The predicted molar refractivity (Wildman–Crippen MR) is 104 cm³/mol. The zero-order valence-electron chi connectivity index (χ0n) is 15.5. The van der Waals surface area contributed by atoms with Crippen molar-refractivity contribution in [1.29, 1.82) is 0 Å². The van der Waals surface area contributed by atoms with Gasteiger partial charge in [-0.3, -0.25) is 14.0 Å². The van der Waals surface area contributed by atoms with Crippen LogP contribution in [0.4, 0.5) is 5.82 Å². The van der Waals surface area contributed by atoms with Gasteiger partial charge in [-0.1, -0.05) is 11.1 Å². The number of anilines is 1. The molecule has 28 heavy (non-hydrogen) atoms. The molecule has 4 aromatic heterocycles. The lowest BCUT2D eigenvalue weighted by Gasteiger charge is -2.14. The molecule has 0 aliphatic heterocycles. The number of fused-ring (bicyclic) bond motifs is 2. The van der Waals surface area contributed by atoms with Gasteiger partial charge in [-0.2, -0.15) is 0 Å². The van der Waals surface area contributed by atoms with E-state index in [0.29, 0.717) is 22.4 Å². The maximum Gasteiger partial charge on any atom is 0.278 e. The van der Waals surface area contributed by atoms with Gasteiger partial charge < -0.3 is 15.5 Å². The summed E-state index contributed by atoms with van der Waals surface area (Å²) in [5.74, 6) is 0.492. The van der Waals surface area contributed by atoms with E-state index in [4.69, 9.17) is 10.2 Å². The third-order valence-corrected chi connectivity index (χ3v) is 4.57. The summed E-state index contributed by atoms with van der Waals surface area (Å²) in [6.45, 7) is 4.07. The van der Waals surface area contributed by atoms with Crippen LogP contribution in [0, 0.1) is 0 Å². The Labute approximate surface area is 160 Å². The minimum absolute atomic E-state index is 0.0987. The van der Waals surface area contributed by atoms with Gasteiger partial charge in [0.05, 0.1) is 18.8 Å². The Bertz CT molecular complexity index is 1240. The maximum atomic E-state index is 13.0. The number of nitrogens with two attached hydrogens (primary N) is 1. The first-order chi connectivity index (χ1) is 13.5. The van der Waals surface area contributed by atoms with E-state index in [2.05, 4.69) is 10.3 Å². The van der Waals surface area contributed by atoms with Crippen molar-refractivity contribution < 1.29 is 13.8 Å². The molecule has 0 saturated heterocycles. The number of amides is 1. The summed E-state index contributed by atoms with van der Waals surface area (Å²) >= 11 is 0. The molecule has 0 aliphatic carbocycles. The van der Waals surface area contributed by atoms with Crippen LogP contribution in [0.3, 0.4) is 0 Å². The Kier molecular flexibility index (Phi) is 4.31. The molecule has 3 N–H and O–H groups in total. The highest BCUT2D eigenvalue weighted by atomic mass is 16.3. The van der Waals surface area contributed by atoms with Crippen LogP contribution in [0.25, 0.3) is 16.7 Å². The molecule has 0 aliphatic rings. The van der Waals surface area contributed by atoms with Crippen molar-refractivity contribution >= 4 is 28.4 Å². The number of rotatable bonds is 4. The summed E-state index contributed by atoms with van der Waals surface area (Å²) in [5, 5.41) is 3.10. The summed E-state index contributed by atoms with van der Waals surface area (Å²) in [6.07, 6.45) is 3.19. The van der Waals surface area contributed by atoms with E-state index >= 15 is 0 Å². The van der Waals surface area contributed by atoms with Gasteiger partial charge in [0, 0.05) is 6.20 Å². The van der Waals surface area contributed by atoms with Gasteiger partial charge in [0.1, 0.15) is 16.7 Å². The Hall–Kier alpha value is -3.68. The number of furan rings is 1. The van der Waals surface area contributed by atoms with Gasteiger partial charge in [-0.05, 0) is 44.2 Å². The molecular weight excluding hydrogens is 358 g/mol. The van der Waals surface area contributed by atoms with Crippen LogP contribution in [-0.4, -0.2) is 15.3 Å². The second kappa shape index (κ2) is 6.80. The second-order valence-corrected chi connectivity index (χ2v) is 6.75. The molecule has 0 fully saturated rings. The Morgan fingerprint density at radius 1 is 1.32 bits per heavy atom. The van der Waals surface area contributed by atoms with E-state index in [-0.39, 0.29) is 35.4 Å². The molecule has 8 nitrogen and oxygen atoms in total. The summed E-state index contributed by atoms with van der Waals surface area (Å²) in [7, 11) is 0. The lowest BCUT2D eigenvalue weighted by atomic mass is 10.1. The quantitative estimate of drug-likeness (QED) is 0.416. The third kappa shape index (κ3) is 2.88. The van der Waals surface area contributed by atoms with E-state index in [9.17, 15) is 9.59 Å². The van der Waals surface area contributed by atoms with Crippen LogP contribution in [0.2, 0.25) is 0 Å². The van der Waals surface area contributed by atoms with E-state index in [0.717, 1.165) is 0 Å². The van der Waals surface area contributed by atoms with Crippen LogP contribution < -0.4 is 21.2 Å². The van der Waals surface area contributed by atoms with Crippen molar-refractivity contribution in [3.63, 3.8) is 0 Å². The second-order valence-electron chi connectivity index (χ2n) is 6.75. The molecule has 0 aromatic carbocycles. The lowest BCUT2D eigenvalue weighted by molar-refractivity contribution is -0.679. The maximum absolute atomic E-state index is 13.0. The summed E-state index contributed by atoms with van der Waals surface area (Å²) < 4.78 is 8.40. The lowest BCUT2D eigenvalue weighted by Crippen LogP contribution is -2.44. The number of hydrogen-bond acceptors (Lipinski definition) is 5. The van der Waals surface area contributed by atoms with E-state index in [1.54, 1.807) is 35.0 Å². The van der Waals surface area contributed by atoms with E-state index < -0.39 is 0 Å².